The Hall–Kier alpha value is -0.730. The van der Waals surface area contributed by atoms with Crippen LogP contribution in [0.2, 0.25) is 5.02 Å². The monoisotopic (exact) mass is 253 g/mol. The van der Waals surface area contributed by atoms with Crippen molar-refractivity contribution >= 4 is 11.6 Å². The number of nitrogens with one attached hydrogen (secondary N) is 1. The van der Waals surface area contributed by atoms with Crippen molar-refractivity contribution in [2.45, 2.75) is 39.2 Å². The maximum absolute atomic E-state index is 9.69. The summed E-state index contributed by atoms with van der Waals surface area (Å²) >= 11 is 5.91. The normalized spacial score (nSPS) is 18.5. The summed E-state index contributed by atoms with van der Waals surface area (Å²) in [7, 11) is 0. The van der Waals surface area contributed by atoms with E-state index in [1.165, 1.54) is 25.7 Å². The van der Waals surface area contributed by atoms with Crippen LogP contribution in [0.15, 0.2) is 18.2 Å². The fourth-order valence-corrected chi connectivity index (χ4v) is 2.79. The van der Waals surface area contributed by atoms with E-state index in [1.807, 2.05) is 6.07 Å². The Labute approximate surface area is 108 Å². The van der Waals surface area contributed by atoms with Gasteiger partial charge in [-0.05, 0) is 36.5 Å². The van der Waals surface area contributed by atoms with Crippen molar-refractivity contribution in [3.63, 3.8) is 0 Å². The first-order valence-corrected chi connectivity index (χ1v) is 6.65. The molecule has 0 unspecified atom stereocenters. The smallest absolute Gasteiger partial charge is 0.120 e. The fourth-order valence-electron chi connectivity index (χ4n) is 2.60. The molecule has 0 aromatic heterocycles. The third-order valence-electron chi connectivity index (χ3n) is 3.72. The molecule has 0 saturated heterocycles. The zero-order valence-electron chi connectivity index (χ0n) is 10.3. The summed E-state index contributed by atoms with van der Waals surface area (Å²) in [6.45, 7) is 4.03. The second-order valence-corrected chi connectivity index (χ2v) is 5.83. The van der Waals surface area contributed by atoms with Crippen LogP contribution in [0.4, 0.5) is 0 Å². The predicted molar refractivity (Wildman–Crippen MR) is 71.4 cm³/mol. The van der Waals surface area contributed by atoms with E-state index in [-0.39, 0.29) is 0 Å². The maximum atomic E-state index is 9.69. The number of aromatic hydroxyl groups is 1. The molecule has 1 aliphatic rings. The number of phenolic OH excluding ortho intramolecular Hbond substituents is 1. The van der Waals surface area contributed by atoms with Crippen molar-refractivity contribution in [2.75, 3.05) is 6.54 Å². The lowest BCUT2D eigenvalue weighted by Gasteiger charge is -2.23. The van der Waals surface area contributed by atoms with Crippen molar-refractivity contribution in [3.8, 4) is 5.75 Å². The van der Waals surface area contributed by atoms with Gasteiger partial charge in [0.05, 0.1) is 0 Å². The molecule has 2 rings (SSSR count). The molecule has 0 radical (unpaired) electrons. The van der Waals surface area contributed by atoms with Gasteiger partial charge in [-0.25, -0.2) is 0 Å². The number of phenols is 1. The largest absolute Gasteiger partial charge is 0.508 e. The van der Waals surface area contributed by atoms with Crippen molar-refractivity contribution in [1.29, 1.82) is 0 Å². The Morgan fingerprint density at radius 1 is 1.35 bits per heavy atom. The number of hydrogen-bond donors (Lipinski definition) is 2. The van der Waals surface area contributed by atoms with Gasteiger partial charge in [-0.2, -0.15) is 0 Å². The molecule has 17 heavy (non-hydrogen) atoms. The van der Waals surface area contributed by atoms with Crippen LogP contribution in [0, 0.1) is 5.41 Å². The van der Waals surface area contributed by atoms with Gasteiger partial charge >= 0.3 is 0 Å². The maximum Gasteiger partial charge on any atom is 0.120 e. The molecule has 1 saturated carbocycles. The minimum atomic E-state index is 0.318. The highest BCUT2D eigenvalue weighted by molar-refractivity contribution is 6.30. The summed E-state index contributed by atoms with van der Waals surface area (Å²) in [5.41, 5.74) is 1.31. The number of halogens is 1. The first-order valence-electron chi connectivity index (χ1n) is 6.27. The number of benzene rings is 1. The zero-order chi connectivity index (χ0) is 12.3. The molecular formula is C14H20ClNO. The molecular weight excluding hydrogens is 234 g/mol. The quantitative estimate of drug-likeness (QED) is 0.857. The Kier molecular flexibility index (Phi) is 3.95. The van der Waals surface area contributed by atoms with Crippen LogP contribution >= 0.6 is 11.6 Å². The van der Waals surface area contributed by atoms with Gasteiger partial charge in [-0.15, -0.1) is 0 Å². The molecule has 0 spiro atoms. The average Bonchev–Trinajstić information content (AvgIpc) is 2.71. The van der Waals surface area contributed by atoms with Gasteiger partial charge in [-0.3, -0.25) is 0 Å². The second kappa shape index (κ2) is 5.28. The van der Waals surface area contributed by atoms with Crippen molar-refractivity contribution in [2.24, 2.45) is 5.41 Å². The van der Waals surface area contributed by atoms with Crippen molar-refractivity contribution < 1.29 is 5.11 Å². The highest BCUT2D eigenvalue weighted by Gasteiger charge is 2.27. The van der Waals surface area contributed by atoms with E-state index in [9.17, 15) is 5.11 Å². The molecule has 1 aromatic rings. The van der Waals surface area contributed by atoms with Gasteiger partial charge in [-0.1, -0.05) is 31.4 Å². The van der Waals surface area contributed by atoms with Gasteiger partial charge < -0.3 is 10.4 Å². The van der Waals surface area contributed by atoms with Crippen LogP contribution in [-0.4, -0.2) is 11.7 Å². The lowest BCUT2D eigenvalue weighted by Crippen LogP contribution is -2.29. The van der Waals surface area contributed by atoms with E-state index >= 15 is 0 Å². The van der Waals surface area contributed by atoms with E-state index in [4.69, 9.17) is 11.6 Å². The SMILES string of the molecule is CC1(CNCc2cc(Cl)ccc2O)CCCC1. The van der Waals surface area contributed by atoms with Crippen LogP contribution in [0.25, 0.3) is 0 Å². The summed E-state index contributed by atoms with van der Waals surface area (Å²) in [4.78, 5) is 0. The number of rotatable bonds is 4. The predicted octanol–water partition coefficient (Wildman–Crippen LogP) is 3.72. The molecule has 2 N–H and O–H groups in total. The lowest BCUT2D eigenvalue weighted by atomic mass is 9.89. The average molecular weight is 254 g/mol. The Morgan fingerprint density at radius 2 is 2.06 bits per heavy atom. The van der Waals surface area contributed by atoms with Crippen LogP contribution in [-0.2, 0) is 6.54 Å². The molecule has 0 aliphatic heterocycles. The summed E-state index contributed by atoms with van der Waals surface area (Å²) in [6.07, 6.45) is 5.31. The minimum absolute atomic E-state index is 0.318. The molecule has 1 aliphatic carbocycles. The summed E-state index contributed by atoms with van der Waals surface area (Å²) in [5, 5.41) is 13.8. The summed E-state index contributed by atoms with van der Waals surface area (Å²) < 4.78 is 0. The van der Waals surface area contributed by atoms with Crippen LogP contribution in [0.5, 0.6) is 5.75 Å². The molecule has 1 fully saturated rings. The Bertz CT molecular complexity index is 386. The van der Waals surface area contributed by atoms with Crippen LogP contribution < -0.4 is 5.32 Å². The summed E-state index contributed by atoms with van der Waals surface area (Å²) in [6, 6.07) is 5.18. The molecule has 3 heteroatoms. The van der Waals surface area contributed by atoms with E-state index in [1.54, 1.807) is 12.1 Å². The molecule has 0 atom stereocenters. The fraction of sp³-hybridized carbons (Fsp3) is 0.571. The van der Waals surface area contributed by atoms with Crippen LogP contribution in [0.1, 0.15) is 38.2 Å². The van der Waals surface area contributed by atoms with E-state index in [0.717, 1.165) is 12.1 Å². The lowest BCUT2D eigenvalue weighted by molar-refractivity contribution is 0.313. The van der Waals surface area contributed by atoms with Gasteiger partial charge in [0.2, 0.25) is 0 Å². The van der Waals surface area contributed by atoms with Gasteiger partial charge in [0.15, 0.2) is 0 Å². The third kappa shape index (κ3) is 3.36. The first kappa shape index (κ1) is 12.7. The van der Waals surface area contributed by atoms with E-state index in [0.29, 0.717) is 22.7 Å². The molecule has 0 amide bonds. The third-order valence-corrected chi connectivity index (χ3v) is 3.95. The minimum Gasteiger partial charge on any atom is -0.508 e. The first-order chi connectivity index (χ1) is 8.09. The standard InChI is InChI=1S/C14H20ClNO/c1-14(6-2-3-7-14)10-16-9-11-8-12(15)4-5-13(11)17/h4-5,8,16-17H,2-3,6-7,9-10H2,1H3. The van der Waals surface area contributed by atoms with Crippen LogP contribution in [0.3, 0.4) is 0 Å². The van der Waals surface area contributed by atoms with E-state index < -0.39 is 0 Å². The van der Waals surface area contributed by atoms with Crippen molar-refractivity contribution in [1.82, 2.24) is 5.32 Å². The topological polar surface area (TPSA) is 32.3 Å². The highest BCUT2D eigenvalue weighted by Crippen LogP contribution is 2.36. The number of hydrogen-bond acceptors (Lipinski definition) is 2. The summed E-state index contributed by atoms with van der Waals surface area (Å²) in [5.74, 6) is 0.318. The van der Waals surface area contributed by atoms with E-state index in [2.05, 4.69) is 12.2 Å². The zero-order valence-corrected chi connectivity index (χ0v) is 11.1. The molecule has 94 valence electrons. The molecule has 1 aromatic carbocycles. The Balaban J connectivity index is 1.87. The van der Waals surface area contributed by atoms with Crippen molar-refractivity contribution in [3.05, 3.63) is 28.8 Å². The van der Waals surface area contributed by atoms with Gasteiger partial charge in [0.1, 0.15) is 5.75 Å². The molecule has 2 nitrogen and oxygen atoms in total. The van der Waals surface area contributed by atoms with Gasteiger partial charge in [0, 0.05) is 23.7 Å². The molecule has 0 heterocycles. The van der Waals surface area contributed by atoms with Gasteiger partial charge in [0.25, 0.3) is 0 Å². The second-order valence-electron chi connectivity index (χ2n) is 5.39. The highest BCUT2D eigenvalue weighted by atomic mass is 35.5. The molecule has 0 bridgehead atoms. The Morgan fingerprint density at radius 3 is 2.76 bits per heavy atom.